The Morgan fingerprint density at radius 3 is 2.78 bits per heavy atom. The number of nitrogens with zero attached hydrogens (tertiary/aromatic N) is 1. The quantitative estimate of drug-likeness (QED) is 0.559. The lowest BCUT2D eigenvalue weighted by Crippen LogP contribution is -2.54. The van der Waals surface area contributed by atoms with Crippen molar-refractivity contribution in [1.82, 2.24) is 4.90 Å². The molecule has 1 fully saturated rings. The van der Waals surface area contributed by atoms with Crippen molar-refractivity contribution in [3.8, 4) is 0 Å². The summed E-state index contributed by atoms with van der Waals surface area (Å²) >= 11 is 0. The fraction of sp³-hybridized carbons (Fsp3) is 0.800. The summed E-state index contributed by atoms with van der Waals surface area (Å²) in [5.74, 6) is -0.661. The van der Waals surface area contributed by atoms with Crippen molar-refractivity contribution in [3.05, 3.63) is 12.7 Å². The molecule has 0 spiro atoms. The number of carbonyl (C=O) groups is 1. The van der Waals surface area contributed by atoms with E-state index in [1.54, 1.807) is 0 Å². The number of hydrogen-bond acceptors (Lipinski definition) is 2. The fourth-order valence-electron chi connectivity index (χ4n) is 3.01. The maximum absolute atomic E-state index is 11.5. The smallest absolute Gasteiger partial charge is 0.321 e. The van der Waals surface area contributed by atoms with Gasteiger partial charge < -0.3 is 5.11 Å². The number of unbranched alkanes of at least 4 members (excludes halogenated alkanes) is 3. The van der Waals surface area contributed by atoms with E-state index < -0.39 is 5.97 Å². The van der Waals surface area contributed by atoms with Gasteiger partial charge in [0.2, 0.25) is 0 Å². The Balaban J connectivity index is 2.46. The van der Waals surface area contributed by atoms with Gasteiger partial charge in [0.1, 0.15) is 6.04 Å². The summed E-state index contributed by atoms with van der Waals surface area (Å²) in [5, 5.41) is 9.43. The van der Waals surface area contributed by atoms with Gasteiger partial charge in [0, 0.05) is 0 Å². The Hall–Kier alpha value is -0.830. The van der Waals surface area contributed by atoms with Crippen molar-refractivity contribution >= 4 is 5.97 Å². The SMILES string of the molecule is C=CCCCCCN1CCCC(C)(C)C1C(=O)O. The van der Waals surface area contributed by atoms with Crippen molar-refractivity contribution < 1.29 is 9.90 Å². The number of allylic oxidation sites excluding steroid dienone is 1. The van der Waals surface area contributed by atoms with E-state index in [4.69, 9.17) is 0 Å². The summed E-state index contributed by atoms with van der Waals surface area (Å²) in [5.41, 5.74) is -0.106. The molecule has 0 bridgehead atoms. The summed E-state index contributed by atoms with van der Waals surface area (Å²) in [6.07, 6.45) is 8.56. The van der Waals surface area contributed by atoms with Gasteiger partial charge in [0.25, 0.3) is 0 Å². The first-order chi connectivity index (χ1) is 8.49. The highest BCUT2D eigenvalue weighted by Crippen LogP contribution is 2.35. The van der Waals surface area contributed by atoms with Crippen LogP contribution in [0.1, 0.15) is 52.4 Å². The van der Waals surface area contributed by atoms with Crippen molar-refractivity contribution in [2.24, 2.45) is 5.41 Å². The molecule has 1 saturated heterocycles. The molecule has 0 aromatic rings. The summed E-state index contributed by atoms with van der Waals surface area (Å²) in [6.45, 7) is 9.72. The molecule has 0 radical (unpaired) electrons. The second-order valence-electron chi connectivity index (χ2n) is 6.01. The topological polar surface area (TPSA) is 40.5 Å². The largest absolute Gasteiger partial charge is 0.480 e. The number of hydrogen-bond donors (Lipinski definition) is 1. The van der Waals surface area contributed by atoms with E-state index in [9.17, 15) is 9.90 Å². The maximum Gasteiger partial charge on any atom is 0.321 e. The van der Waals surface area contributed by atoms with Crippen molar-refractivity contribution in [3.63, 3.8) is 0 Å². The predicted molar refractivity (Wildman–Crippen MR) is 74.7 cm³/mol. The third kappa shape index (κ3) is 4.13. The number of aliphatic carboxylic acids is 1. The summed E-state index contributed by atoms with van der Waals surface area (Å²) in [4.78, 5) is 13.6. The van der Waals surface area contributed by atoms with E-state index in [-0.39, 0.29) is 11.5 Å². The van der Waals surface area contributed by atoms with Gasteiger partial charge in [-0.05, 0) is 50.6 Å². The molecule has 1 atom stereocenters. The zero-order chi connectivity index (χ0) is 13.6. The normalized spacial score (nSPS) is 23.8. The highest BCUT2D eigenvalue weighted by Gasteiger charge is 2.41. The highest BCUT2D eigenvalue weighted by atomic mass is 16.4. The molecule has 104 valence electrons. The van der Waals surface area contributed by atoms with Gasteiger partial charge in [-0.2, -0.15) is 0 Å². The Bertz CT molecular complexity index is 286. The van der Waals surface area contributed by atoms with Crippen molar-refractivity contribution in [1.29, 1.82) is 0 Å². The van der Waals surface area contributed by atoms with Crippen LogP contribution < -0.4 is 0 Å². The van der Waals surface area contributed by atoms with Crippen LogP contribution in [-0.2, 0) is 4.79 Å². The summed E-state index contributed by atoms with van der Waals surface area (Å²) < 4.78 is 0. The van der Waals surface area contributed by atoms with Crippen LogP contribution >= 0.6 is 0 Å². The van der Waals surface area contributed by atoms with E-state index in [2.05, 4.69) is 25.3 Å². The Labute approximate surface area is 111 Å². The molecule has 0 aliphatic carbocycles. The van der Waals surface area contributed by atoms with Crippen LogP contribution in [0.4, 0.5) is 0 Å². The summed E-state index contributed by atoms with van der Waals surface area (Å²) in [7, 11) is 0. The number of piperidine rings is 1. The van der Waals surface area contributed by atoms with E-state index in [1.165, 1.54) is 6.42 Å². The van der Waals surface area contributed by atoms with Crippen LogP contribution in [0.25, 0.3) is 0 Å². The van der Waals surface area contributed by atoms with Crippen LogP contribution in [0, 0.1) is 5.41 Å². The minimum absolute atomic E-state index is 0.106. The minimum Gasteiger partial charge on any atom is -0.480 e. The second-order valence-corrected chi connectivity index (χ2v) is 6.01. The van der Waals surface area contributed by atoms with Gasteiger partial charge in [-0.3, -0.25) is 9.69 Å². The fourth-order valence-corrected chi connectivity index (χ4v) is 3.01. The number of likely N-dealkylation sites (tertiary alicyclic amines) is 1. The standard InChI is InChI=1S/C15H27NO2/c1-4-5-6-7-8-11-16-12-9-10-15(2,3)13(16)14(17)18/h4,13H,1,5-12H2,2-3H3,(H,17,18). The molecule has 0 aromatic heterocycles. The van der Waals surface area contributed by atoms with Crippen LogP contribution in [0.3, 0.4) is 0 Å². The average Bonchev–Trinajstić information content (AvgIpc) is 2.27. The Kier molecular flexibility index (Phi) is 5.86. The molecule has 0 amide bonds. The first-order valence-electron chi connectivity index (χ1n) is 7.07. The molecule has 1 rings (SSSR count). The molecule has 3 nitrogen and oxygen atoms in total. The molecule has 0 saturated carbocycles. The van der Waals surface area contributed by atoms with Gasteiger partial charge in [0.15, 0.2) is 0 Å². The van der Waals surface area contributed by atoms with Crippen LogP contribution in [0.2, 0.25) is 0 Å². The molecule has 0 aromatic carbocycles. The molecule has 1 heterocycles. The second kappa shape index (κ2) is 6.93. The summed E-state index contributed by atoms with van der Waals surface area (Å²) in [6, 6.07) is -0.314. The lowest BCUT2D eigenvalue weighted by molar-refractivity contribution is -0.150. The van der Waals surface area contributed by atoms with Gasteiger partial charge in [0.05, 0.1) is 0 Å². The molecule has 18 heavy (non-hydrogen) atoms. The molecule has 3 heteroatoms. The minimum atomic E-state index is -0.661. The molecular formula is C15H27NO2. The van der Waals surface area contributed by atoms with E-state index in [0.717, 1.165) is 45.2 Å². The zero-order valence-electron chi connectivity index (χ0n) is 11.8. The molecular weight excluding hydrogens is 226 g/mol. The third-order valence-electron chi connectivity index (χ3n) is 3.96. The van der Waals surface area contributed by atoms with E-state index >= 15 is 0 Å². The first-order valence-corrected chi connectivity index (χ1v) is 7.07. The monoisotopic (exact) mass is 253 g/mol. The predicted octanol–water partition coefficient (Wildman–Crippen LogP) is 3.31. The molecule has 1 unspecified atom stereocenters. The Morgan fingerprint density at radius 1 is 1.44 bits per heavy atom. The lowest BCUT2D eigenvalue weighted by Gasteiger charge is -2.44. The lowest BCUT2D eigenvalue weighted by atomic mass is 9.76. The van der Waals surface area contributed by atoms with Gasteiger partial charge in [-0.15, -0.1) is 6.58 Å². The van der Waals surface area contributed by atoms with E-state index in [1.807, 2.05) is 6.08 Å². The van der Waals surface area contributed by atoms with Crippen molar-refractivity contribution in [2.45, 2.75) is 58.4 Å². The zero-order valence-corrected chi connectivity index (χ0v) is 11.8. The average molecular weight is 253 g/mol. The van der Waals surface area contributed by atoms with Gasteiger partial charge >= 0.3 is 5.97 Å². The highest BCUT2D eigenvalue weighted by molar-refractivity contribution is 5.74. The van der Waals surface area contributed by atoms with Gasteiger partial charge in [-0.25, -0.2) is 0 Å². The van der Waals surface area contributed by atoms with Crippen molar-refractivity contribution in [2.75, 3.05) is 13.1 Å². The Morgan fingerprint density at radius 2 is 2.17 bits per heavy atom. The third-order valence-corrected chi connectivity index (χ3v) is 3.96. The number of carboxylic acids is 1. The van der Waals surface area contributed by atoms with Gasteiger partial charge in [-0.1, -0.05) is 26.3 Å². The van der Waals surface area contributed by atoms with Crippen LogP contribution in [0.15, 0.2) is 12.7 Å². The first kappa shape index (κ1) is 15.2. The molecule has 1 aliphatic heterocycles. The molecule has 1 aliphatic rings. The van der Waals surface area contributed by atoms with Crippen LogP contribution in [0.5, 0.6) is 0 Å². The maximum atomic E-state index is 11.5. The van der Waals surface area contributed by atoms with Crippen LogP contribution in [-0.4, -0.2) is 35.1 Å². The van der Waals surface area contributed by atoms with E-state index in [0.29, 0.717) is 0 Å². The molecule has 1 N–H and O–H groups in total. The number of rotatable bonds is 7. The number of carboxylic acid groups (broad SMARTS) is 1.